The van der Waals surface area contributed by atoms with Crippen LogP contribution in [0.3, 0.4) is 0 Å². The smallest absolute Gasteiger partial charge is 0 e. The van der Waals surface area contributed by atoms with E-state index in [1.54, 1.807) is 32.6 Å². The molecule has 4 fully saturated rings. The van der Waals surface area contributed by atoms with Gasteiger partial charge in [0, 0.05) is 98.1 Å². The van der Waals surface area contributed by atoms with E-state index in [1.807, 2.05) is 0 Å². The normalized spacial score (nSPS) is 31.4. The fourth-order valence-electron chi connectivity index (χ4n) is 1.10. The van der Waals surface area contributed by atoms with Crippen molar-refractivity contribution in [3.63, 3.8) is 0 Å². The predicted molar refractivity (Wildman–Crippen MR) is 74.4 cm³/mol. The first-order valence-electron chi connectivity index (χ1n) is 4.64. The molecule has 0 N–H and O–H groups in total. The van der Waals surface area contributed by atoms with E-state index in [-0.39, 0.29) is 130 Å². The Kier molecular flexibility index (Phi) is 38.9. The van der Waals surface area contributed by atoms with Gasteiger partial charge in [0.25, 0.3) is 0 Å². The van der Waals surface area contributed by atoms with Gasteiger partial charge in [0.2, 0.25) is 0 Å². The quantitative estimate of drug-likeness (QED) is 0.346. The minimum atomic E-state index is 0. The maximum atomic E-state index is 3.25. The van der Waals surface area contributed by atoms with Gasteiger partial charge < -0.3 is 14.4 Å². The molecule has 4 rings (SSSR count). The fourth-order valence-corrected chi connectivity index (χ4v) is 1.10. The van der Waals surface area contributed by atoms with Gasteiger partial charge in [0.1, 0.15) is 0 Å². The number of fused-ring (bicyclic) bond motifs is 2. The molecule has 0 heterocycles. The molecule has 0 aromatic rings. The van der Waals surface area contributed by atoms with Gasteiger partial charge in [-0.15, -0.1) is 0 Å². The first-order chi connectivity index (χ1) is 4.93. The van der Waals surface area contributed by atoms with Gasteiger partial charge in [-0.25, -0.2) is 0 Å². The maximum absolute atomic E-state index is 3.25. The van der Waals surface area contributed by atoms with E-state index in [4.69, 9.17) is 0 Å². The van der Waals surface area contributed by atoms with Gasteiger partial charge in [-0.05, 0) is 49.4 Å². The van der Waals surface area contributed by atoms with Crippen LogP contribution in [0.2, 0.25) is 0 Å². The number of hydrogen-bond acceptors (Lipinski definition) is 0. The van der Waals surface area contributed by atoms with Crippen molar-refractivity contribution < 1.29 is 98.1 Å². The molecule has 0 spiro atoms. The van der Waals surface area contributed by atoms with Gasteiger partial charge in [-0.2, -0.15) is 16.8 Å². The average Bonchev–Trinajstić information content (AvgIpc) is 2.54. The van der Waals surface area contributed by atoms with Gasteiger partial charge in [-0.3, -0.25) is 0 Å². The molecule has 1 atom stereocenters. The van der Waals surface area contributed by atoms with E-state index in [1.165, 1.54) is 23.7 Å². The largest absolute Gasteiger partial charge is 0.358 e. The minimum absolute atomic E-state index is 0. The molecule has 4 aliphatic carbocycles. The second-order valence-corrected chi connectivity index (χ2v) is 3.98. The summed E-state index contributed by atoms with van der Waals surface area (Å²) in [5, 5.41) is 0. The molecule has 3 radical (unpaired) electrons. The summed E-state index contributed by atoms with van der Waals surface area (Å²) in [5.74, 6) is 5.00. The van der Waals surface area contributed by atoms with Crippen LogP contribution in [-0.4, -0.2) is 0 Å². The molecule has 1 unspecified atom stereocenters. The van der Waals surface area contributed by atoms with Crippen LogP contribution in [0.5, 0.6) is 0 Å². The van der Waals surface area contributed by atoms with Crippen molar-refractivity contribution in [2.45, 2.75) is 47.5 Å². The van der Waals surface area contributed by atoms with Crippen molar-refractivity contribution in [2.24, 2.45) is 23.7 Å². The van der Waals surface area contributed by atoms with Gasteiger partial charge in [0.05, 0.1) is 0 Å². The van der Waals surface area contributed by atoms with Crippen LogP contribution in [0.25, 0.3) is 0 Å². The summed E-state index contributed by atoms with van der Waals surface area (Å²) in [6, 6.07) is 0. The van der Waals surface area contributed by atoms with E-state index in [0.29, 0.717) is 0 Å². The molecule has 0 nitrogen and oxygen atoms in total. The monoisotopic (exact) mass is 485 g/mol. The summed E-state index contributed by atoms with van der Waals surface area (Å²) in [4.78, 5) is 0. The Hall–Kier alpha value is 3.74. The third kappa shape index (κ3) is 15.9. The van der Waals surface area contributed by atoms with Gasteiger partial charge in [-0.1, -0.05) is 14.9 Å². The summed E-state index contributed by atoms with van der Waals surface area (Å²) < 4.78 is 0. The molecule has 4 saturated carbocycles. The molecule has 0 saturated heterocycles. The SMILES string of the molecule is C.C.C1C2CC12.C1C2CC12.P.[CH2-]C.[CH3-].[Y].[Y].[Y]. The Labute approximate surface area is 190 Å². The van der Waals surface area contributed by atoms with Crippen molar-refractivity contribution in [2.75, 3.05) is 0 Å². The van der Waals surface area contributed by atoms with E-state index < -0.39 is 0 Å². The molecule has 4 heteroatoms. The van der Waals surface area contributed by atoms with Crippen LogP contribution in [0.4, 0.5) is 0 Å². The zero-order valence-electron chi connectivity index (χ0n) is 10.3. The van der Waals surface area contributed by atoms with Crippen LogP contribution in [0.1, 0.15) is 47.5 Å². The first kappa shape index (κ1) is 37.2. The molecule has 17 heavy (non-hydrogen) atoms. The first-order valence-corrected chi connectivity index (χ1v) is 4.64. The Morgan fingerprint density at radius 1 is 0.647 bits per heavy atom. The standard InChI is InChI=1S/2C4H6.C2H5.2CH4.CH3.H3P.3Y/c2*1-3-2-4(1)3;1-2;;;;;;;/h2*3-4H,1-2H2;1H2,2H3;2*1H4;2*1H3;;;/q;;-1;;;-1;;;;. The van der Waals surface area contributed by atoms with Crippen molar-refractivity contribution >= 4 is 9.90 Å². The van der Waals surface area contributed by atoms with Gasteiger partial charge in [0.15, 0.2) is 0 Å². The molecule has 0 amide bonds. The molecule has 4 aliphatic rings. The van der Waals surface area contributed by atoms with E-state index in [2.05, 4.69) is 6.92 Å². The summed E-state index contributed by atoms with van der Waals surface area (Å²) in [6.45, 7) is 5.00. The van der Waals surface area contributed by atoms with Crippen LogP contribution < -0.4 is 0 Å². The Balaban J connectivity index is -0.0000000230. The van der Waals surface area contributed by atoms with Crippen molar-refractivity contribution in [3.8, 4) is 0 Å². The molecule has 99 valence electrons. The Morgan fingerprint density at radius 3 is 0.706 bits per heavy atom. The van der Waals surface area contributed by atoms with E-state index in [0.717, 1.165) is 0 Å². The van der Waals surface area contributed by atoms with Crippen molar-refractivity contribution in [3.05, 3.63) is 14.4 Å². The zero-order valence-corrected chi connectivity index (χ0v) is 20.2. The molecule has 0 aromatic heterocycles. The maximum Gasteiger partial charge on any atom is 0 e. The fraction of sp³-hybridized carbons (Fsp3) is 0.846. The summed E-state index contributed by atoms with van der Waals surface area (Å²) in [5.41, 5.74) is 0. The summed E-state index contributed by atoms with van der Waals surface area (Å²) in [6.07, 6.45) is 6.33. The summed E-state index contributed by atoms with van der Waals surface area (Å²) in [7, 11) is 0. The van der Waals surface area contributed by atoms with Gasteiger partial charge >= 0.3 is 0 Å². The third-order valence-electron chi connectivity index (χ3n) is 2.94. The Morgan fingerprint density at radius 2 is 0.706 bits per heavy atom. The molecule has 0 bridgehead atoms. The van der Waals surface area contributed by atoms with E-state index >= 15 is 0 Å². The molecule has 0 aliphatic heterocycles. The zero-order chi connectivity index (χ0) is 7.14. The van der Waals surface area contributed by atoms with Crippen LogP contribution in [-0.2, 0) is 98.1 Å². The second kappa shape index (κ2) is 17.8. The average molecular weight is 485 g/mol. The molecular formula is C13H31PY3-2. The molecular weight excluding hydrogens is 454 g/mol. The van der Waals surface area contributed by atoms with Crippen molar-refractivity contribution in [1.29, 1.82) is 0 Å². The minimum Gasteiger partial charge on any atom is -0.358 e. The topological polar surface area (TPSA) is 0 Å². The van der Waals surface area contributed by atoms with Crippen LogP contribution in [0, 0.1) is 38.0 Å². The number of hydrogen-bond donors (Lipinski definition) is 0. The van der Waals surface area contributed by atoms with Crippen LogP contribution in [0.15, 0.2) is 0 Å². The summed E-state index contributed by atoms with van der Waals surface area (Å²) >= 11 is 0. The number of rotatable bonds is 0. The van der Waals surface area contributed by atoms with E-state index in [9.17, 15) is 0 Å². The van der Waals surface area contributed by atoms with Crippen LogP contribution >= 0.6 is 9.90 Å². The molecule has 0 aromatic carbocycles. The third-order valence-corrected chi connectivity index (χ3v) is 2.94. The van der Waals surface area contributed by atoms with Crippen molar-refractivity contribution in [1.82, 2.24) is 0 Å². The second-order valence-electron chi connectivity index (χ2n) is 3.98. The Bertz CT molecular complexity index is 105. The predicted octanol–water partition coefficient (Wildman–Crippen LogP) is 4.67.